The molecule has 32 heavy (non-hydrogen) atoms. The molecule has 0 aliphatic rings. The van der Waals surface area contributed by atoms with E-state index in [4.69, 9.17) is 14.2 Å². The minimum Gasteiger partial charge on any atom is -0.497 e. The average molecular weight is 430 g/mol. The molecule has 0 saturated heterocycles. The van der Waals surface area contributed by atoms with Crippen LogP contribution in [0.1, 0.15) is 10.4 Å². The predicted molar refractivity (Wildman–Crippen MR) is 121 cm³/mol. The Bertz CT molecular complexity index is 1230. The minimum atomic E-state index is -0.243. The minimum absolute atomic E-state index is 0.238. The van der Waals surface area contributed by atoms with E-state index < -0.39 is 0 Å². The summed E-state index contributed by atoms with van der Waals surface area (Å²) in [7, 11) is 4.70. The number of hydrogen-bond donors (Lipinski definition) is 1. The van der Waals surface area contributed by atoms with Gasteiger partial charge in [-0.3, -0.25) is 4.79 Å². The van der Waals surface area contributed by atoms with Gasteiger partial charge in [-0.2, -0.15) is 4.98 Å². The Labute approximate surface area is 185 Å². The van der Waals surface area contributed by atoms with Crippen molar-refractivity contribution < 1.29 is 19.0 Å². The quantitative estimate of drug-likeness (QED) is 0.473. The Morgan fingerprint density at radius 3 is 2.31 bits per heavy atom. The van der Waals surface area contributed by atoms with Crippen LogP contribution in [-0.4, -0.2) is 42.0 Å². The molecule has 0 fully saturated rings. The zero-order valence-electron chi connectivity index (χ0n) is 17.9. The van der Waals surface area contributed by atoms with E-state index in [1.165, 1.54) is 7.11 Å². The Kier molecular flexibility index (Phi) is 6.03. The van der Waals surface area contributed by atoms with Gasteiger partial charge in [0.15, 0.2) is 5.82 Å². The molecule has 1 heterocycles. The summed E-state index contributed by atoms with van der Waals surface area (Å²) in [4.78, 5) is 17.2. The van der Waals surface area contributed by atoms with Crippen molar-refractivity contribution in [3.05, 3.63) is 78.4 Å². The summed E-state index contributed by atoms with van der Waals surface area (Å²) in [5.74, 6) is 1.72. The fraction of sp³-hybridized carbons (Fsp3) is 0.125. The Morgan fingerprint density at radius 2 is 1.59 bits per heavy atom. The lowest BCUT2D eigenvalue weighted by Gasteiger charge is -2.10. The van der Waals surface area contributed by atoms with Crippen molar-refractivity contribution in [3.63, 3.8) is 0 Å². The fourth-order valence-electron chi connectivity index (χ4n) is 3.17. The highest BCUT2D eigenvalue weighted by atomic mass is 16.5. The summed E-state index contributed by atoms with van der Waals surface area (Å²) in [5, 5.41) is 7.35. The molecule has 0 spiro atoms. The molecule has 0 aliphatic heterocycles. The van der Waals surface area contributed by atoms with Gasteiger partial charge in [0.1, 0.15) is 11.5 Å². The Morgan fingerprint density at radius 1 is 0.844 bits per heavy atom. The van der Waals surface area contributed by atoms with Crippen molar-refractivity contribution in [2.75, 3.05) is 26.6 Å². The molecule has 162 valence electrons. The summed E-state index contributed by atoms with van der Waals surface area (Å²) >= 11 is 0. The molecule has 4 rings (SSSR count). The van der Waals surface area contributed by atoms with Crippen molar-refractivity contribution in [1.29, 1.82) is 0 Å². The summed E-state index contributed by atoms with van der Waals surface area (Å²) in [6, 6.07) is 22.0. The van der Waals surface area contributed by atoms with Crippen molar-refractivity contribution in [2.45, 2.75) is 0 Å². The zero-order chi connectivity index (χ0) is 22.5. The number of hydrogen-bond acceptors (Lipinski definition) is 6. The second-order valence-electron chi connectivity index (χ2n) is 6.80. The molecular weight excluding hydrogens is 408 g/mol. The molecule has 3 aromatic carbocycles. The molecule has 0 radical (unpaired) electrons. The molecule has 8 heteroatoms. The maximum absolute atomic E-state index is 12.7. The van der Waals surface area contributed by atoms with E-state index in [0.717, 1.165) is 17.0 Å². The number of methoxy groups -OCH3 is 3. The molecule has 1 aromatic heterocycles. The molecule has 1 amide bonds. The van der Waals surface area contributed by atoms with Crippen LogP contribution >= 0.6 is 0 Å². The van der Waals surface area contributed by atoms with Crippen LogP contribution in [0.3, 0.4) is 0 Å². The average Bonchev–Trinajstić information content (AvgIpc) is 3.29. The highest BCUT2D eigenvalue weighted by molar-refractivity contribution is 6.04. The van der Waals surface area contributed by atoms with Crippen LogP contribution in [0, 0.1) is 0 Å². The number of ether oxygens (including phenoxy) is 3. The first kappa shape index (κ1) is 20.9. The van der Waals surface area contributed by atoms with Gasteiger partial charge in [-0.25, -0.2) is 4.68 Å². The van der Waals surface area contributed by atoms with Crippen LogP contribution in [0.2, 0.25) is 0 Å². The van der Waals surface area contributed by atoms with Crippen LogP contribution < -0.4 is 19.5 Å². The first-order chi connectivity index (χ1) is 15.6. The molecule has 4 aromatic rings. The Balaban J connectivity index is 1.65. The smallest absolute Gasteiger partial charge is 0.336 e. The van der Waals surface area contributed by atoms with E-state index in [2.05, 4.69) is 15.4 Å². The zero-order valence-corrected chi connectivity index (χ0v) is 17.9. The first-order valence-corrected chi connectivity index (χ1v) is 9.82. The molecule has 0 aliphatic carbocycles. The van der Waals surface area contributed by atoms with E-state index in [-0.39, 0.29) is 11.9 Å². The molecule has 0 atom stereocenters. The van der Waals surface area contributed by atoms with Crippen molar-refractivity contribution in [1.82, 2.24) is 14.8 Å². The highest BCUT2D eigenvalue weighted by Crippen LogP contribution is 2.26. The van der Waals surface area contributed by atoms with Crippen LogP contribution in [0.25, 0.3) is 17.1 Å². The normalized spacial score (nSPS) is 10.5. The van der Waals surface area contributed by atoms with Gasteiger partial charge >= 0.3 is 6.01 Å². The van der Waals surface area contributed by atoms with Gasteiger partial charge in [-0.05, 0) is 60.7 Å². The van der Waals surface area contributed by atoms with Gasteiger partial charge < -0.3 is 19.5 Å². The van der Waals surface area contributed by atoms with E-state index in [1.54, 1.807) is 43.2 Å². The molecule has 0 bridgehead atoms. The van der Waals surface area contributed by atoms with Gasteiger partial charge in [0, 0.05) is 16.8 Å². The van der Waals surface area contributed by atoms with Crippen LogP contribution in [0.4, 0.5) is 5.69 Å². The summed E-state index contributed by atoms with van der Waals surface area (Å²) in [6.07, 6.45) is 0. The van der Waals surface area contributed by atoms with Crippen molar-refractivity contribution in [2.24, 2.45) is 0 Å². The van der Waals surface area contributed by atoms with Gasteiger partial charge in [0.25, 0.3) is 5.91 Å². The number of carbonyl (C=O) groups excluding carboxylic acids is 1. The lowest BCUT2D eigenvalue weighted by Crippen LogP contribution is -2.12. The summed E-state index contributed by atoms with van der Waals surface area (Å²) in [5.41, 5.74) is 2.67. The van der Waals surface area contributed by atoms with Crippen LogP contribution in [-0.2, 0) is 0 Å². The molecule has 0 unspecified atom stereocenters. The highest BCUT2D eigenvalue weighted by Gasteiger charge is 2.15. The van der Waals surface area contributed by atoms with Crippen molar-refractivity contribution >= 4 is 11.6 Å². The molecular formula is C24H22N4O4. The monoisotopic (exact) mass is 430 g/mol. The summed E-state index contributed by atoms with van der Waals surface area (Å²) in [6.45, 7) is 0. The number of nitrogens with one attached hydrogen (secondary N) is 1. The number of anilines is 1. The van der Waals surface area contributed by atoms with E-state index in [1.807, 2.05) is 48.5 Å². The van der Waals surface area contributed by atoms with E-state index >= 15 is 0 Å². The molecule has 0 saturated carbocycles. The standard InChI is InChI=1S/C24H22N4O4/c1-30-20-12-10-16(11-13-20)22-26-24(32-3)27-28(22)19-8-5-7-18(15-19)25-23(29)17-6-4-9-21(14-17)31-2/h4-15H,1-3H3,(H,25,29). The van der Waals surface area contributed by atoms with Gasteiger partial charge in [0.05, 0.1) is 27.0 Å². The molecule has 1 N–H and O–H groups in total. The number of rotatable bonds is 7. The Hall–Kier alpha value is -4.33. The largest absolute Gasteiger partial charge is 0.497 e. The lowest BCUT2D eigenvalue weighted by atomic mass is 10.2. The lowest BCUT2D eigenvalue weighted by molar-refractivity contribution is 0.102. The van der Waals surface area contributed by atoms with Gasteiger partial charge in [0.2, 0.25) is 0 Å². The maximum atomic E-state index is 12.7. The molecule has 8 nitrogen and oxygen atoms in total. The van der Waals surface area contributed by atoms with Gasteiger partial charge in [-0.1, -0.05) is 12.1 Å². The maximum Gasteiger partial charge on any atom is 0.336 e. The third-order valence-corrected chi connectivity index (χ3v) is 4.80. The van der Waals surface area contributed by atoms with Crippen LogP contribution in [0.5, 0.6) is 17.5 Å². The van der Waals surface area contributed by atoms with E-state index in [9.17, 15) is 4.79 Å². The third-order valence-electron chi connectivity index (χ3n) is 4.80. The van der Waals surface area contributed by atoms with Gasteiger partial charge in [-0.15, -0.1) is 5.10 Å². The number of nitrogens with zero attached hydrogens (tertiary/aromatic N) is 3. The topological polar surface area (TPSA) is 87.5 Å². The number of aromatic nitrogens is 3. The predicted octanol–water partition coefficient (Wildman–Crippen LogP) is 4.21. The van der Waals surface area contributed by atoms with E-state index in [0.29, 0.717) is 22.8 Å². The van der Waals surface area contributed by atoms with Crippen LogP contribution in [0.15, 0.2) is 72.8 Å². The second-order valence-corrected chi connectivity index (χ2v) is 6.80. The third kappa shape index (κ3) is 4.39. The van der Waals surface area contributed by atoms with Crippen molar-refractivity contribution in [3.8, 4) is 34.6 Å². The fourth-order valence-corrected chi connectivity index (χ4v) is 3.17. The summed E-state index contributed by atoms with van der Waals surface area (Å²) < 4.78 is 17.3. The number of benzene rings is 3. The second kappa shape index (κ2) is 9.22. The SMILES string of the molecule is COc1ccc(-c2nc(OC)nn2-c2cccc(NC(=O)c3cccc(OC)c3)c2)cc1. The number of amides is 1. The number of carbonyl (C=O) groups is 1. The first-order valence-electron chi connectivity index (χ1n) is 9.82.